The molecule has 1 aliphatic heterocycles. The van der Waals surface area contributed by atoms with Gasteiger partial charge in [-0.3, -0.25) is 19.3 Å². The van der Waals surface area contributed by atoms with E-state index in [-0.39, 0.29) is 30.1 Å². The molecule has 0 saturated carbocycles. The molecule has 1 amide bonds. The summed E-state index contributed by atoms with van der Waals surface area (Å²) in [5, 5.41) is 11.8. The number of carbonyl (C=O) groups excluding carboxylic acids is 2. The lowest BCUT2D eigenvalue weighted by atomic mass is 9.94. The van der Waals surface area contributed by atoms with Crippen molar-refractivity contribution in [2.75, 3.05) is 18.4 Å². The van der Waals surface area contributed by atoms with Crippen LogP contribution in [0, 0.1) is 5.92 Å². The zero-order valence-electron chi connectivity index (χ0n) is 14.1. The van der Waals surface area contributed by atoms with Gasteiger partial charge in [0.2, 0.25) is 5.91 Å². The molecule has 1 saturated heterocycles. The maximum absolute atomic E-state index is 12.4. The third-order valence-corrected chi connectivity index (χ3v) is 4.50. The molecule has 2 N–H and O–H groups in total. The van der Waals surface area contributed by atoms with Crippen LogP contribution in [0.25, 0.3) is 0 Å². The SMILES string of the molecule is CC(=O)c1ccc(NC(=O)C(C)N2CCCC(CC(=O)O)C2)cc1. The Morgan fingerprint density at radius 2 is 1.96 bits per heavy atom. The first-order chi connectivity index (χ1) is 11.4. The highest BCUT2D eigenvalue weighted by Crippen LogP contribution is 2.22. The monoisotopic (exact) mass is 332 g/mol. The van der Waals surface area contributed by atoms with Crippen molar-refractivity contribution in [1.82, 2.24) is 4.90 Å². The van der Waals surface area contributed by atoms with Crippen LogP contribution >= 0.6 is 0 Å². The van der Waals surface area contributed by atoms with Crippen molar-refractivity contribution in [3.05, 3.63) is 29.8 Å². The molecule has 0 spiro atoms. The van der Waals surface area contributed by atoms with Crippen molar-refractivity contribution >= 4 is 23.3 Å². The molecule has 2 atom stereocenters. The van der Waals surface area contributed by atoms with E-state index in [1.54, 1.807) is 24.3 Å². The molecule has 2 unspecified atom stereocenters. The molecular weight excluding hydrogens is 308 g/mol. The second-order valence-corrected chi connectivity index (χ2v) is 6.40. The van der Waals surface area contributed by atoms with Gasteiger partial charge in [0.05, 0.1) is 6.04 Å². The first kappa shape index (κ1) is 18.1. The summed E-state index contributed by atoms with van der Waals surface area (Å²) in [5.41, 5.74) is 1.25. The number of ketones is 1. The number of nitrogens with one attached hydrogen (secondary N) is 1. The lowest BCUT2D eigenvalue weighted by Gasteiger charge is -2.35. The maximum Gasteiger partial charge on any atom is 0.303 e. The van der Waals surface area contributed by atoms with Crippen LogP contribution in [-0.2, 0) is 9.59 Å². The number of carboxylic acids is 1. The molecule has 2 rings (SSSR count). The van der Waals surface area contributed by atoms with Gasteiger partial charge in [-0.25, -0.2) is 0 Å². The summed E-state index contributed by atoms with van der Waals surface area (Å²) in [6.45, 7) is 4.76. The van der Waals surface area contributed by atoms with Crippen LogP contribution in [0.15, 0.2) is 24.3 Å². The topological polar surface area (TPSA) is 86.7 Å². The Balaban J connectivity index is 1.93. The molecule has 0 aliphatic carbocycles. The zero-order chi connectivity index (χ0) is 17.7. The van der Waals surface area contributed by atoms with Crippen molar-refractivity contribution < 1.29 is 19.5 Å². The molecule has 1 fully saturated rings. The standard InChI is InChI=1S/C18H24N2O4/c1-12(20-9-3-4-14(11-20)10-17(22)23)18(24)19-16-7-5-15(6-8-16)13(2)21/h5-8,12,14H,3-4,9-11H2,1-2H3,(H,19,24)(H,22,23). The lowest BCUT2D eigenvalue weighted by Crippen LogP contribution is -2.47. The summed E-state index contributed by atoms with van der Waals surface area (Å²) in [6.07, 6.45) is 1.95. The maximum atomic E-state index is 12.4. The number of hydrogen-bond donors (Lipinski definition) is 2. The summed E-state index contributed by atoms with van der Waals surface area (Å²) in [6, 6.07) is 6.48. The fourth-order valence-corrected chi connectivity index (χ4v) is 3.06. The number of amides is 1. The number of aliphatic carboxylic acids is 1. The molecule has 1 aromatic carbocycles. The Bertz CT molecular complexity index is 612. The van der Waals surface area contributed by atoms with Crippen LogP contribution < -0.4 is 5.32 Å². The predicted molar refractivity (Wildman–Crippen MR) is 91.1 cm³/mol. The number of Topliss-reactive ketones (excluding diaryl/α,β-unsaturated/α-hetero) is 1. The van der Waals surface area contributed by atoms with Gasteiger partial charge >= 0.3 is 5.97 Å². The van der Waals surface area contributed by atoms with Gasteiger partial charge in [-0.1, -0.05) is 0 Å². The van der Waals surface area contributed by atoms with Crippen LogP contribution in [-0.4, -0.2) is 46.8 Å². The number of carboxylic acid groups (broad SMARTS) is 1. The van der Waals surface area contributed by atoms with E-state index in [4.69, 9.17) is 5.11 Å². The molecule has 0 radical (unpaired) electrons. The van der Waals surface area contributed by atoms with Crippen molar-refractivity contribution in [1.29, 1.82) is 0 Å². The van der Waals surface area contributed by atoms with Gasteiger partial charge in [0.25, 0.3) is 0 Å². The minimum absolute atomic E-state index is 0.0148. The summed E-state index contributed by atoms with van der Waals surface area (Å²) < 4.78 is 0. The number of benzene rings is 1. The Morgan fingerprint density at radius 1 is 1.29 bits per heavy atom. The summed E-state index contributed by atoms with van der Waals surface area (Å²) in [4.78, 5) is 36.6. The molecule has 1 aliphatic rings. The van der Waals surface area contributed by atoms with Gasteiger partial charge in [0.1, 0.15) is 0 Å². The van der Waals surface area contributed by atoms with E-state index >= 15 is 0 Å². The van der Waals surface area contributed by atoms with Gasteiger partial charge in [-0.2, -0.15) is 0 Å². The molecule has 130 valence electrons. The van der Waals surface area contributed by atoms with E-state index in [9.17, 15) is 14.4 Å². The Kier molecular flexibility index (Phi) is 6.09. The molecule has 1 aromatic rings. The predicted octanol–water partition coefficient (Wildman–Crippen LogP) is 2.40. The first-order valence-corrected chi connectivity index (χ1v) is 8.24. The number of rotatable bonds is 6. The van der Waals surface area contributed by atoms with Gasteiger partial charge in [-0.15, -0.1) is 0 Å². The second kappa shape index (κ2) is 8.06. The first-order valence-electron chi connectivity index (χ1n) is 8.24. The molecule has 24 heavy (non-hydrogen) atoms. The molecular formula is C18H24N2O4. The van der Waals surface area contributed by atoms with Gasteiger partial charge in [0.15, 0.2) is 5.78 Å². The smallest absolute Gasteiger partial charge is 0.303 e. The lowest BCUT2D eigenvalue weighted by molar-refractivity contribution is -0.138. The van der Waals surface area contributed by atoms with E-state index in [1.165, 1.54) is 6.92 Å². The fourth-order valence-electron chi connectivity index (χ4n) is 3.06. The van der Waals surface area contributed by atoms with Crippen molar-refractivity contribution in [3.63, 3.8) is 0 Å². The van der Waals surface area contributed by atoms with E-state index in [2.05, 4.69) is 5.32 Å². The van der Waals surface area contributed by atoms with E-state index < -0.39 is 5.97 Å². The average molecular weight is 332 g/mol. The van der Waals surface area contributed by atoms with Crippen LogP contribution in [0.3, 0.4) is 0 Å². The van der Waals surface area contributed by atoms with Crippen LogP contribution in [0.1, 0.15) is 43.5 Å². The van der Waals surface area contributed by atoms with Crippen LogP contribution in [0.2, 0.25) is 0 Å². The average Bonchev–Trinajstić information content (AvgIpc) is 2.54. The normalized spacial score (nSPS) is 19.5. The second-order valence-electron chi connectivity index (χ2n) is 6.40. The molecule has 0 bridgehead atoms. The molecule has 6 heteroatoms. The zero-order valence-corrected chi connectivity index (χ0v) is 14.1. The third-order valence-electron chi connectivity index (χ3n) is 4.50. The van der Waals surface area contributed by atoms with Crippen LogP contribution in [0.4, 0.5) is 5.69 Å². The highest BCUT2D eigenvalue weighted by Gasteiger charge is 2.28. The third kappa shape index (κ3) is 4.89. The molecule has 1 heterocycles. The Labute approximate surface area is 141 Å². The number of anilines is 1. The van der Waals surface area contributed by atoms with E-state index in [0.717, 1.165) is 19.4 Å². The van der Waals surface area contributed by atoms with E-state index in [0.29, 0.717) is 17.8 Å². The van der Waals surface area contributed by atoms with Crippen molar-refractivity contribution in [2.45, 2.75) is 39.2 Å². The number of nitrogens with zero attached hydrogens (tertiary/aromatic N) is 1. The highest BCUT2D eigenvalue weighted by molar-refractivity contribution is 5.97. The quantitative estimate of drug-likeness (QED) is 0.781. The number of piperidine rings is 1. The van der Waals surface area contributed by atoms with E-state index in [1.807, 2.05) is 11.8 Å². The van der Waals surface area contributed by atoms with Gasteiger partial charge in [0, 0.05) is 24.2 Å². The Morgan fingerprint density at radius 3 is 2.54 bits per heavy atom. The fraction of sp³-hybridized carbons (Fsp3) is 0.500. The van der Waals surface area contributed by atoms with Crippen LogP contribution in [0.5, 0.6) is 0 Å². The highest BCUT2D eigenvalue weighted by atomic mass is 16.4. The summed E-state index contributed by atoms with van der Waals surface area (Å²) >= 11 is 0. The minimum atomic E-state index is -0.787. The summed E-state index contributed by atoms with van der Waals surface area (Å²) in [7, 11) is 0. The number of hydrogen-bond acceptors (Lipinski definition) is 4. The van der Waals surface area contributed by atoms with Gasteiger partial charge < -0.3 is 10.4 Å². The van der Waals surface area contributed by atoms with Crippen molar-refractivity contribution in [3.8, 4) is 0 Å². The van der Waals surface area contributed by atoms with Crippen molar-refractivity contribution in [2.24, 2.45) is 5.92 Å². The molecule has 0 aromatic heterocycles. The number of carbonyl (C=O) groups is 3. The number of likely N-dealkylation sites (tertiary alicyclic amines) is 1. The Hall–Kier alpha value is -2.21. The molecule has 6 nitrogen and oxygen atoms in total. The van der Waals surface area contributed by atoms with Gasteiger partial charge in [-0.05, 0) is 63.4 Å². The largest absolute Gasteiger partial charge is 0.481 e. The summed E-state index contributed by atoms with van der Waals surface area (Å²) in [5.74, 6) is -0.827. The minimum Gasteiger partial charge on any atom is -0.481 e.